The SMILES string of the molecule is CCB(O)O.NC(=O)CC(N)C(=O)NCC1CCCCC1C(=O)O. The second kappa shape index (κ2) is 11.8. The van der Waals surface area contributed by atoms with Crippen molar-refractivity contribution in [3.63, 3.8) is 0 Å². The van der Waals surface area contributed by atoms with Crippen molar-refractivity contribution in [3.05, 3.63) is 0 Å². The monoisotopic (exact) mass is 345 g/mol. The highest BCUT2D eigenvalue weighted by Crippen LogP contribution is 2.29. The summed E-state index contributed by atoms with van der Waals surface area (Å²) >= 11 is 0. The molecule has 0 bridgehead atoms. The van der Waals surface area contributed by atoms with Crippen LogP contribution in [0.4, 0.5) is 0 Å². The van der Waals surface area contributed by atoms with Crippen LogP contribution in [0, 0.1) is 11.8 Å². The molecule has 1 rings (SSSR count). The minimum Gasteiger partial charge on any atom is -0.481 e. The number of carboxylic acid groups (broad SMARTS) is 1. The van der Waals surface area contributed by atoms with Gasteiger partial charge in [-0.15, -0.1) is 0 Å². The maximum Gasteiger partial charge on any atom is 0.451 e. The Kier molecular flexibility index (Phi) is 11.0. The molecule has 138 valence electrons. The Balaban J connectivity index is 0.000000922. The maximum atomic E-state index is 11.6. The van der Waals surface area contributed by atoms with Gasteiger partial charge in [0.05, 0.1) is 18.4 Å². The van der Waals surface area contributed by atoms with E-state index in [1.54, 1.807) is 6.92 Å². The molecule has 1 aliphatic rings. The predicted octanol–water partition coefficient (Wildman–Crippen LogP) is -1.32. The molecule has 9 nitrogen and oxygen atoms in total. The van der Waals surface area contributed by atoms with Crippen LogP contribution in [0.3, 0.4) is 0 Å². The van der Waals surface area contributed by atoms with Crippen LogP contribution in [0.5, 0.6) is 0 Å². The fraction of sp³-hybridized carbons (Fsp3) is 0.786. The summed E-state index contributed by atoms with van der Waals surface area (Å²) in [7, 11) is -1.12. The van der Waals surface area contributed by atoms with E-state index in [0.717, 1.165) is 19.3 Å². The van der Waals surface area contributed by atoms with Gasteiger partial charge in [-0.25, -0.2) is 0 Å². The van der Waals surface area contributed by atoms with Gasteiger partial charge in [0.1, 0.15) is 0 Å². The van der Waals surface area contributed by atoms with Crippen LogP contribution in [-0.2, 0) is 14.4 Å². The van der Waals surface area contributed by atoms with E-state index in [4.69, 9.17) is 26.6 Å². The topological polar surface area (TPSA) is 176 Å². The van der Waals surface area contributed by atoms with E-state index in [1.165, 1.54) is 0 Å². The van der Waals surface area contributed by atoms with Gasteiger partial charge in [-0.2, -0.15) is 0 Å². The molecule has 24 heavy (non-hydrogen) atoms. The average molecular weight is 345 g/mol. The van der Waals surface area contributed by atoms with E-state index in [2.05, 4.69) is 5.32 Å². The lowest BCUT2D eigenvalue weighted by Crippen LogP contribution is -2.46. The van der Waals surface area contributed by atoms with E-state index in [-0.39, 0.29) is 18.9 Å². The number of nitrogens with one attached hydrogen (secondary N) is 1. The summed E-state index contributed by atoms with van der Waals surface area (Å²) in [6, 6.07) is -0.968. The number of aliphatic carboxylic acids is 1. The molecule has 0 saturated heterocycles. The largest absolute Gasteiger partial charge is 0.481 e. The highest BCUT2D eigenvalue weighted by molar-refractivity contribution is 6.40. The van der Waals surface area contributed by atoms with Gasteiger partial charge in [-0.1, -0.05) is 19.8 Å². The smallest absolute Gasteiger partial charge is 0.451 e. The number of hydrogen-bond donors (Lipinski definition) is 6. The lowest BCUT2D eigenvalue weighted by Gasteiger charge is -2.28. The van der Waals surface area contributed by atoms with Gasteiger partial charge in [0.15, 0.2) is 0 Å². The van der Waals surface area contributed by atoms with Gasteiger partial charge in [0.2, 0.25) is 11.8 Å². The molecule has 8 N–H and O–H groups in total. The van der Waals surface area contributed by atoms with Crippen molar-refractivity contribution in [3.8, 4) is 0 Å². The molecule has 0 radical (unpaired) electrons. The number of nitrogens with two attached hydrogens (primary N) is 2. The van der Waals surface area contributed by atoms with Crippen molar-refractivity contribution in [2.75, 3.05) is 6.54 Å². The van der Waals surface area contributed by atoms with E-state index in [9.17, 15) is 14.4 Å². The first-order chi connectivity index (χ1) is 11.2. The molecule has 1 aliphatic carbocycles. The van der Waals surface area contributed by atoms with E-state index >= 15 is 0 Å². The summed E-state index contributed by atoms with van der Waals surface area (Å²) in [6.07, 6.45) is 3.50. The first kappa shape index (κ1) is 22.4. The first-order valence-electron chi connectivity index (χ1n) is 8.09. The van der Waals surface area contributed by atoms with Crippen LogP contribution in [0.25, 0.3) is 0 Å². The highest BCUT2D eigenvalue weighted by Gasteiger charge is 2.31. The van der Waals surface area contributed by atoms with Crippen molar-refractivity contribution in [1.82, 2.24) is 5.32 Å². The third kappa shape index (κ3) is 9.48. The minimum absolute atomic E-state index is 0.0732. The predicted molar refractivity (Wildman–Crippen MR) is 88.6 cm³/mol. The number of carboxylic acids is 1. The van der Waals surface area contributed by atoms with Crippen molar-refractivity contribution in [1.29, 1.82) is 0 Å². The minimum atomic E-state index is -1.12. The maximum absolute atomic E-state index is 11.6. The molecule has 3 atom stereocenters. The number of carbonyl (C=O) groups is 3. The lowest BCUT2D eigenvalue weighted by molar-refractivity contribution is -0.145. The lowest BCUT2D eigenvalue weighted by atomic mass is 9.79. The van der Waals surface area contributed by atoms with Crippen LogP contribution in [0.1, 0.15) is 39.0 Å². The summed E-state index contributed by atoms with van der Waals surface area (Å²) in [5.74, 6) is -2.41. The van der Waals surface area contributed by atoms with Crippen LogP contribution in [-0.4, -0.2) is 52.6 Å². The Hall–Kier alpha value is -1.65. The van der Waals surface area contributed by atoms with E-state index in [0.29, 0.717) is 12.7 Å². The summed E-state index contributed by atoms with van der Waals surface area (Å²) < 4.78 is 0. The van der Waals surface area contributed by atoms with Gasteiger partial charge >= 0.3 is 13.1 Å². The third-order valence-corrected chi connectivity index (χ3v) is 3.89. The number of amides is 2. The summed E-state index contributed by atoms with van der Waals surface area (Å²) in [5, 5.41) is 27.5. The molecule has 2 amide bonds. The van der Waals surface area contributed by atoms with Gasteiger partial charge < -0.3 is 31.9 Å². The summed E-state index contributed by atoms with van der Waals surface area (Å²) in [6.45, 7) is 1.98. The quantitative estimate of drug-likeness (QED) is 0.310. The Morgan fingerprint density at radius 1 is 1.25 bits per heavy atom. The van der Waals surface area contributed by atoms with Crippen molar-refractivity contribution >= 4 is 24.9 Å². The fourth-order valence-corrected chi connectivity index (χ4v) is 2.45. The molecule has 0 aliphatic heterocycles. The van der Waals surface area contributed by atoms with Gasteiger partial charge in [0, 0.05) is 6.54 Å². The van der Waals surface area contributed by atoms with Crippen molar-refractivity contribution < 1.29 is 29.5 Å². The average Bonchev–Trinajstić information content (AvgIpc) is 2.52. The van der Waals surface area contributed by atoms with Crippen molar-refractivity contribution in [2.45, 2.75) is 51.4 Å². The zero-order valence-corrected chi connectivity index (χ0v) is 14.0. The molecule has 0 heterocycles. The molecule has 3 unspecified atom stereocenters. The zero-order chi connectivity index (χ0) is 18.7. The normalized spacial score (nSPS) is 21.0. The zero-order valence-electron chi connectivity index (χ0n) is 14.0. The van der Waals surface area contributed by atoms with E-state index in [1.807, 2.05) is 0 Å². The number of carbonyl (C=O) groups excluding carboxylic acids is 2. The summed E-state index contributed by atoms with van der Waals surface area (Å²) in [4.78, 5) is 33.3. The molecular weight excluding hydrogens is 317 g/mol. The standard InChI is InChI=1S/C12H21N3O4.C2H7BO2/c13-9(5-10(14)16)11(17)15-6-7-3-1-2-4-8(7)12(18)19;1-2-3(4)5/h7-9H,1-6,13H2,(H2,14,16)(H,15,17)(H,18,19);4-5H,2H2,1H3. The number of hydrogen-bond acceptors (Lipinski definition) is 6. The molecule has 0 aromatic rings. The van der Waals surface area contributed by atoms with Gasteiger partial charge in [-0.05, 0) is 25.1 Å². The van der Waals surface area contributed by atoms with Gasteiger partial charge in [-0.3, -0.25) is 14.4 Å². The second-order valence-corrected chi connectivity index (χ2v) is 5.90. The van der Waals surface area contributed by atoms with Crippen LogP contribution in [0.15, 0.2) is 0 Å². The highest BCUT2D eigenvalue weighted by atomic mass is 16.4. The Labute approximate surface area is 141 Å². The molecular formula is C14H28BN3O6. The fourth-order valence-electron chi connectivity index (χ4n) is 2.45. The molecule has 1 saturated carbocycles. The second-order valence-electron chi connectivity index (χ2n) is 5.90. The number of rotatable bonds is 7. The molecule has 0 spiro atoms. The van der Waals surface area contributed by atoms with E-state index < -0.39 is 36.9 Å². The van der Waals surface area contributed by atoms with Crippen molar-refractivity contribution in [2.24, 2.45) is 23.3 Å². The number of primary amides is 1. The van der Waals surface area contributed by atoms with Crippen LogP contribution >= 0.6 is 0 Å². The molecule has 1 fully saturated rings. The van der Waals surface area contributed by atoms with Crippen LogP contribution in [0.2, 0.25) is 6.32 Å². The summed E-state index contributed by atoms with van der Waals surface area (Å²) in [5.41, 5.74) is 10.5. The molecule has 10 heteroatoms. The molecule has 0 aromatic heterocycles. The van der Waals surface area contributed by atoms with Gasteiger partial charge in [0.25, 0.3) is 0 Å². The Bertz CT molecular complexity index is 421. The third-order valence-electron chi connectivity index (χ3n) is 3.89. The van der Waals surface area contributed by atoms with Crippen LogP contribution < -0.4 is 16.8 Å². The first-order valence-corrected chi connectivity index (χ1v) is 8.09. The Morgan fingerprint density at radius 3 is 2.25 bits per heavy atom. The molecule has 0 aromatic carbocycles. The Morgan fingerprint density at radius 2 is 1.79 bits per heavy atom.